The molecule has 0 aromatic rings. The fraction of sp³-hybridized carbons (Fsp3) is 0.829. The molecule has 6 N–H and O–H groups in total. The lowest BCUT2D eigenvalue weighted by molar-refractivity contribution is -0.135. The van der Waals surface area contributed by atoms with Gasteiger partial charge in [-0.2, -0.15) is 0 Å². The van der Waals surface area contributed by atoms with E-state index in [9.17, 15) is 56.2 Å². The number of unbranched alkanes of at least 4 members (excludes halogenated alkanes) is 3. The van der Waals surface area contributed by atoms with E-state index in [2.05, 4.69) is 54.3 Å². The van der Waals surface area contributed by atoms with Gasteiger partial charge in [0.15, 0.2) is 0 Å². The largest absolute Gasteiger partial charge is 0.530 e. The van der Waals surface area contributed by atoms with Crippen LogP contribution in [0, 0.1) is 5.92 Å². The Balaban J connectivity index is -0.000000179. The number of phosphoric ester groups is 6. The molecule has 30 nitrogen and oxygen atoms in total. The third-order valence-corrected chi connectivity index (χ3v) is 11.4. The fourth-order valence-corrected chi connectivity index (χ4v) is 8.12. The number of rotatable bonds is 24. The van der Waals surface area contributed by atoms with Crippen LogP contribution in [0.4, 0.5) is 0 Å². The van der Waals surface area contributed by atoms with Gasteiger partial charge in [-0.15, -0.1) is 0 Å². The molecule has 6 atom stereocenters. The van der Waals surface area contributed by atoms with Crippen LogP contribution in [-0.2, 0) is 110 Å². The Kier molecular flexibility index (Phi) is 46.3. The molecule has 0 rings (SSSR count). The van der Waals surface area contributed by atoms with E-state index in [1.165, 1.54) is 0 Å². The van der Waals surface area contributed by atoms with Gasteiger partial charge < -0.3 is 27.1 Å². The molecule has 0 aliphatic rings. The molecule has 0 aliphatic carbocycles. The minimum Gasteiger partial charge on any atom is -0.371 e. The normalized spacial score (nSPS) is 15.7. The molecule has 0 radical (unpaired) electrons. The SMILES string of the molecule is CC(=O)OP(=O)(O)OC(C)(C)C.CC(=O)OP(=O)(O)OC(C)C.CC(=O)OP(=O)(O)OCC(C)C.CCCCCOP(=O)(O)OC(C)=O.CCCCOP(=O)(O)OC(C)=O.CCCOP(=O)(O)OC(C)=O. The molecule has 36 heteroatoms. The lowest BCUT2D eigenvalue weighted by atomic mass is 10.2. The molecule has 71 heavy (non-hydrogen) atoms. The molecule has 0 aromatic heterocycles. The molecule has 0 bridgehead atoms. The zero-order chi connectivity index (χ0) is 57.7. The van der Waals surface area contributed by atoms with E-state index in [0.29, 0.717) is 19.3 Å². The van der Waals surface area contributed by atoms with Gasteiger partial charge in [0.05, 0.1) is 38.1 Å². The van der Waals surface area contributed by atoms with Crippen LogP contribution < -0.4 is 0 Å². The molecule has 0 saturated heterocycles. The standard InChI is InChI=1S/C7H15O5P.3C6H13O5P.2C5H11O5P/c1-3-4-5-6-11-13(9,10)12-7(2)8;1-5(7)10-12(8,9)11-6(2,3)4;1-5(2)4-10-12(8,9)11-6(3)7;1-3-4-5-10-12(8,9)11-6(2)7;1-4(2)9-11(7,8)10-5(3)6;1-3-4-9-11(7,8)10-5(2)6/h3-6H2,1-2H3,(H,9,10);1-4H3,(H,8,9);5H,4H2,1-3H3,(H,8,9);3-5H2,1-2H3,(H,8,9);4H,1-3H3,(H,7,8);3-4H2,1-2H3,(H,7,8). The molecule has 426 valence electrons. The van der Waals surface area contributed by atoms with Crippen molar-refractivity contribution < 1.29 is 140 Å². The molecule has 0 aromatic carbocycles. The Morgan fingerprint density at radius 2 is 0.690 bits per heavy atom. The Hall–Kier alpha value is -2.28. The highest BCUT2D eigenvalue weighted by Gasteiger charge is 2.31. The zero-order valence-corrected chi connectivity index (χ0v) is 48.3. The Bertz CT molecular complexity index is 1850. The number of carbonyl (C=O) groups excluding carboxylic acids is 6. The van der Waals surface area contributed by atoms with Crippen molar-refractivity contribution in [2.24, 2.45) is 5.92 Å². The lowest BCUT2D eigenvalue weighted by Gasteiger charge is -2.21. The third-order valence-electron chi connectivity index (χ3n) is 4.98. The Morgan fingerprint density at radius 3 is 0.958 bits per heavy atom. The average Bonchev–Trinajstić information content (AvgIpc) is 3.08. The van der Waals surface area contributed by atoms with Crippen LogP contribution in [-0.4, -0.2) is 103 Å². The van der Waals surface area contributed by atoms with Crippen molar-refractivity contribution in [3.8, 4) is 0 Å². The second kappa shape index (κ2) is 41.0. The van der Waals surface area contributed by atoms with Crippen LogP contribution in [0.1, 0.15) is 149 Å². The molecule has 0 fully saturated rings. The first-order valence-corrected chi connectivity index (χ1v) is 29.8. The van der Waals surface area contributed by atoms with Gasteiger partial charge in [-0.3, -0.25) is 85.3 Å². The molecular weight excluding hydrogens is 1090 g/mol. The summed E-state index contributed by atoms with van der Waals surface area (Å²) in [5.74, 6) is -4.86. The van der Waals surface area contributed by atoms with Gasteiger partial charge in [-0.25, -0.2) is 27.4 Å². The predicted octanol–water partition coefficient (Wildman–Crippen LogP) is 8.26. The summed E-state index contributed by atoms with van der Waals surface area (Å²) in [6, 6.07) is 0. The summed E-state index contributed by atoms with van der Waals surface area (Å²) in [6.45, 7) is 23.9. The second-order valence-electron chi connectivity index (χ2n) is 14.9. The highest BCUT2D eigenvalue weighted by Crippen LogP contribution is 2.48. The highest BCUT2D eigenvalue weighted by atomic mass is 31.2. The van der Waals surface area contributed by atoms with Crippen molar-refractivity contribution in [1.29, 1.82) is 0 Å². The van der Waals surface area contributed by atoms with Crippen molar-refractivity contribution in [3.05, 3.63) is 0 Å². The van der Waals surface area contributed by atoms with Crippen molar-refractivity contribution in [3.63, 3.8) is 0 Å². The summed E-state index contributed by atoms with van der Waals surface area (Å²) in [4.78, 5) is 114. The van der Waals surface area contributed by atoms with Crippen molar-refractivity contribution in [2.75, 3.05) is 26.4 Å². The monoisotopic (exact) mass is 1160 g/mol. The quantitative estimate of drug-likeness (QED) is 0.0391. The third kappa shape index (κ3) is 74.4. The minimum atomic E-state index is -4.22. The first kappa shape index (κ1) is 80.1. The number of hydrogen-bond acceptors (Lipinski definition) is 24. The topological polar surface area (TPSA) is 437 Å². The van der Waals surface area contributed by atoms with Crippen LogP contribution in [0.3, 0.4) is 0 Å². The van der Waals surface area contributed by atoms with Gasteiger partial charge in [-0.05, 0) is 59.8 Å². The summed E-state index contributed by atoms with van der Waals surface area (Å²) in [6.07, 6.45) is 4.23. The van der Waals surface area contributed by atoms with Crippen LogP contribution in [0.5, 0.6) is 0 Å². The van der Waals surface area contributed by atoms with E-state index in [1.807, 2.05) is 27.7 Å². The number of phosphoric acid groups is 6. The van der Waals surface area contributed by atoms with E-state index in [-0.39, 0.29) is 32.3 Å². The summed E-state index contributed by atoms with van der Waals surface area (Å²) in [5.41, 5.74) is -0.820. The number of carbonyl (C=O) groups is 6. The van der Waals surface area contributed by atoms with Crippen LogP contribution in [0.2, 0.25) is 0 Å². The molecule has 0 aliphatic heterocycles. The summed E-state index contributed by atoms with van der Waals surface area (Å²) >= 11 is 0. The second-order valence-corrected chi connectivity index (χ2v) is 23.1. The molecule has 6 unspecified atom stereocenters. The first-order chi connectivity index (χ1) is 31.7. The maximum Gasteiger partial charge on any atom is 0.530 e. The van der Waals surface area contributed by atoms with Gasteiger partial charge in [0.1, 0.15) is 0 Å². The van der Waals surface area contributed by atoms with E-state index >= 15 is 0 Å². The van der Waals surface area contributed by atoms with Gasteiger partial charge in [0.2, 0.25) is 0 Å². The lowest BCUT2D eigenvalue weighted by Crippen LogP contribution is -2.18. The van der Waals surface area contributed by atoms with Gasteiger partial charge in [0.25, 0.3) is 0 Å². The Labute approximate surface area is 415 Å². The molecule has 0 spiro atoms. The first-order valence-electron chi connectivity index (χ1n) is 20.9. The Morgan fingerprint density at radius 1 is 0.408 bits per heavy atom. The summed E-state index contributed by atoms with van der Waals surface area (Å²) < 4.78 is 116. The maximum atomic E-state index is 10.9. The predicted molar refractivity (Wildman–Crippen MR) is 250 cm³/mol. The van der Waals surface area contributed by atoms with Gasteiger partial charge in [0, 0.05) is 41.5 Å². The van der Waals surface area contributed by atoms with Crippen LogP contribution in [0.15, 0.2) is 0 Å². The van der Waals surface area contributed by atoms with Crippen LogP contribution in [0.25, 0.3) is 0 Å². The highest BCUT2D eigenvalue weighted by molar-refractivity contribution is 7.49. The van der Waals surface area contributed by atoms with Crippen molar-refractivity contribution >= 4 is 82.8 Å². The fourth-order valence-electron chi connectivity index (χ4n) is 3.04. The molecule has 0 saturated carbocycles. The van der Waals surface area contributed by atoms with E-state index in [1.54, 1.807) is 41.5 Å². The van der Waals surface area contributed by atoms with Gasteiger partial charge >= 0.3 is 82.8 Å². The molecular formula is C35H76O30P6. The van der Waals surface area contributed by atoms with Crippen LogP contribution >= 0.6 is 46.9 Å². The zero-order valence-electron chi connectivity index (χ0n) is 42.9. The molecule has 0 heterocycles. The van der Waals surface area contributed by atoms with Crippen molar-refractivity contribution in [2.45, 2.75) is 161 Å². The average molecular weight is 1160 g/mol. The van der Waals surface area contributed by atoms with Crippen molar-refractivity contribution in [1.82, 2.24) is 0 Å². The van der Waals surface area contributed by atoms with E-state index in [4.69, 9.17) is 29.4 Å². The summed E-state index contributed by atoms with van der Waals surface area (Å²) in [5, 5.41) is 0. The smallest absolute Gasteiger partial charge is 0.371 e. The summed E-state index contributed by atoms with van der Waals surface area (Å²) in [7, 11) is -24.9. The van der Waals surface area contributed by atoms with E-state index < -0.39 is 94.5 Å². The van der Waals surface area contributed by atoms with E-state index in [0.717, 1.165) is 60.8 Å². The van der Waals surface area contributed by atoms with Gasteiger partial charge in [-0.1, -0.05) is 53.9 Å². The minimum absolute atomic E-state index is 0.0844. The number of hydrogen-bond donors (Lipinski definition) is 6. The maximum absolute atomic E-state index is 10.9. The molecule has 0 amide bonds.